The molecular formula is C12H23NO3S2. The van der Waals surface area contributed by atoms with Gasteiger partial charge in [0.05, 0.1) is 0 Å². The van der Waals surface area contributed by atoms with Crippen LogP contribution in [0.5, 0.6) is 0 Å². The van der Waals surface area contributed by atoms with E-state index in [1.165, 1.54) is 32.1 Å². The summed E-state index contributed by atoms with van der Waals surface area (Å²) in [7, 11) is -3.29. The molecule has 0 aromatic heterocycles. The summed E-state index contributed by atoms with van der Waals surface area (Å²) in [6.07, 6.45) is 12.0. The monoisotopic (exact) mass is 293 g/mol. The zero-order chi connectivity index (χ0) is 13.3. The Hall–Kier alpha value is -0.0400. The molecule has 1 unspecified atom stereocenters. The second kappa shape index (κ2) is 8.96. The molecule has 0 amide bonds. The summed E-state index contributed by atoms with van der Waals surface area (Å²) >= 11 is 0. The van der Waals surface area contributed by atoms with Crippen LogP contribution < -0.4 is 5.32 Å². The van der Waals surface area contributed by atoms with Gasteiger partial charge in [0.25, 0.3) is 0 Å². The number of hydrogen-bond donors (Lipinski definition) is 2. The van der Waals surface area contributed by atoms with Crippen molar-refractivity contribution in [3.05, 3.63) is 12.2 Å². The maximum Gasteiger partial charge on any atom is 0.319 e. The van der Waals surface area contributed by atoms with Crippen LogP contribution in [-0.4, -0.2) is 31.8 Å². The Morgan fingerprint density at radius 1 is 1.28 bits per heavy atom. The van der Waals surface area contributed by atoms with Gasteiger partial charge < -0.3 is 5.32 Å². The molecule has 0 saturated heterocycles. The van der Waals surface area contributed by atoms with Crippen LogP contribution in [0.2, 0.25) is 0 Å². The van der Waals surface area contributed by atoms with Crippen molar-refractivity contribution in [1.82, 2.24) is 5.32 Å². The molecule has 6 heteroatoms. The van der Waals surface area contributed by atoms with Crippen molar-refractivity contribution in [1.29, 1.82) is 0 Å². The minimum absolute atomic E-state index is 0.395. The van der Waals surface area contributed by atoms with Gasteiger partial charge in [-0.25, -0.2) is 0 Å². The van der Waals surface area contributed by atoms with E-state index in [2.05, 4.69) is 17.5 Å². The third kappa shape index (κ3) is 8.97. The van der Waals surface area contributed by atoms with Crippen molar-refractivity contribution >= 4 is 19.9 Å². The second-order valence-corrected chi connectivity index (χ2v) is 8.12. The van der Waals surface area contributed by atoms with Gasteiger partial charge in [-0.2, -0.15) is 8.42 Å². The van der Waals surface area contributed by atoms with Gasteiger partial charge in [0.15, 0.2) is 0 Å². The fourth-order valence-corrected chi connectivity index (χ4v) is 3.47. The molecule has 0 fully saturated rings. The van der Waals surface area contributed by atoms with E-state index < -0.39 is 9.15 Å². The number of hydrogen-bond acceptors (Lipinski definition) is 4. The largest absolute Gasteiger partial charge is 0.319 e. The first-order valence-electron chi connectivity index (χ1n) is 6.55. The van der Waals surface area contributed by atoms with Gasteiger partial charge >= 0.3 is 9.15 Å². The summed E-state index contributed by atoms with van der Waals surface area (Å²) < 4.78 is 29.4. The predicted molar refractivity (Wildman–Crippen MR) is 77.2 cm³/mol. The van der Waals surface area contributed by atoms with Crippen LogP contribution in [0.25, 0.3) is 0 Å². The summed E-state index contributed by atoms with van der Waals surface area (Å²) in [4.78, 5) is 0. The van der Waals surface area contributed by atoms with Gasteiger partial charge in [-0.15, -0.1) is 0 Å². The molecule has 0 radical (unpaired) electrons. The minimum Gasteiger partial charge on any atom is -0.316 e. The fraction of sp³-hybridized carbons (Fsp3) is 0.833. The van der Waals surface area contributed by atoms with Gasteiger partial charge in [0.2, 0.25) is 0 Å². The molecular weight excluding hydrogens is 270 g/mol. The van der Waals surface area contributed by atoms with Crippen molar-refractivity contribution < 1.29 is 13.0 Å². The lowest BCUT2D eigenvalue weighted by atomic mass is 9.90. The first-order valence-corrected chi connectivity index (χ1v) is 9.50. The predicted octanol–water partition coefficient (Wildman–Crippen LogP) is 2.64. The van der Waals surface area contributed by atoms with E-state index in [4.69, 9.17) is 4.55 Å². The van der Waals surface area contributed by atoms with Gasteiger partial charge in [-0.3, -0.25) is 4.55 Å². The average Bonchev–Trinajstić information content (AvgIpc) is 2.32. The van der Waals surface area contributed by atoms with Crippen LogP contribution in [0.15, 0.2) is 12.2 Å². The zero-order valence-corrected chi connectivity index (χ0v) is 12.3. The fourth-order valence-electron chi connectivity index (χ4n) is 2.15. The second-order valence-electron chi connectivity index (χ2n) is 4.65. The molecule has 1 aliphatic rings. The molecule has 106 valence electrons. The van der Waals surface area contributed by atoms with E-state index in [1.807, 2.05) is 0 Å². The van der Waals surface area contributed by atoms with Crippen molar-refractivity contribution in [2.45, 2.75) is 38.5 Å². The smallest absolute Gasteiger partial charge is 0.316 e. The summed E-state index contributed by atoms with van der Waals surface area (Å²) in [5.74, 6) is 1.26. The van der Waals surface area contributed by atoms with Crippen LogP contribution >= 0.6 is 10.8 Å². The lowest BCUT2D eigenvalue weighted by Crippen LogP contribution is -2.19. The van der Waals surface area contributed by atoms with E-state index in [1.54, 1.807) is 0 Å². The molecule has 0 aromatic carbocycles. The quantitative estimate of drug-likeness (QED) is 0.296. The Bertz CT molecular complexity index is 341. The molecule has 0 aliphatic heterocycles. The molecule has 2 N–H and O–H groups in total. The summed E-state index contributed by atoms with van der Waals surface area (Å²) in [5, 5.41) is 3.19. The molecule has 0 aromatic rings. The van der Waals surface area contributed by atoms with Crippen molar-refractivity contribution in [3.8, 4) is 0 Å². The molecule has 0 bridgehead atoms. The standard InChI is InChI=1S/C12H23NO3S2/c14-18(15,16)17-11-10-13-9-5-4-8-12-6-2-1-3-7-12/h1-2,12-13H,3-11H2,(H,14,15,16). The zero-order valence-electron chi connectivity index (χ0n) is 10.7. The van der Waals surface area contributed by atoms with Gasteiger partial charge in [0, 0.05) is 12.3 Å². The topological polar surface area (TPSA) is 66.4 Å². The summed E-state index contributed by atoms with van der Waals surface area (Å²) in [6.45, 7) is 1.55. The highest BCUT2D eigenvalue weighted by molar-refractivity contribution is 8.69. The molecule has 1 aliphatic carbocycles. The number of unbranched alkanes of at least 4 members (excludes halogenated alkanes) is 1. The highest BCUT2D eigenvalue weighted by Gasteiger charge is 2.08. The van der Waals surface area contributed by atoms with E-state index in [0.717, 1.165) is 18.9 Å². The van der Waals surface area contributed by atoms with E-state index >= 15 is 0 Å². The van der Waals surface area contributed by atoms with E-state index in [0.29, 0.717) is 23.1 Å². The molecule has 0 saturated carbocycles. The Morgan fingerprint density at radius 3 is 2.78 bits per heavy atom. The Balaban J connectivity index is 1.85. The lowest BCUT2D eigenvalue weighted by Gasteiger charge is -2.17. The maximum atomic E-state index is 10.4. The number of nitrogens with one attached hydrogen (secondary N) is 1. The highest BCUT2D eigenvalue weighted by Crippen LogP contribution is 2.23. The Labute approximate surface area is 114 Å². The van der Waals surface area contributed by atoms with E-state index in [-0.39, 0.29) is 0 Å². The van der Waals surface area contributed by atoms with Crippen LogP contribution in [-0.2, 0) is 9.15 Å². The molecule has 1 rings (SSSR count). The third-order valence-corrected chi connectivity index (χ3v) is 5.17. The van der Waals surface area contributed by atoms with Crippen LogP contribution in [0.1, 0.15) is 38.5 Å². The summed E-state index contributed by atoms with van der Waals surface area (Å²) in [6, 6.07) is 0. The number of rotatable bonds is 9. The Kier molecular flexibility index (Phi) is 7.97. The minimum atomic E-state index is -3.87. The van der Waals surface area contributed by atoms with Crippen molar-refractivity contribution in [3.63, 3.8) is 0 Å². The highest BCUT2D eigenvalue weighted by atomic mass is 33.1. The van der Waals surface area contributed by atoms with E-state index in [9.17, 15) is 8.42 Å². The SMILES string of the molecule is O=S(=O)(O)SCCNCCCCC1CC=CCC1. The summed E-state index contributed by atoms with van der Waals surface area (Å²) in [5.41, 5.74) is 0. The van der Waals surface area contributed by atoms with Gasteiger partial charge in [-0.05, 0) is 48.9 Å². The maximum absolute atomic E-state index is 10.4. The van der Waals surface area contributed by atoms with Crippen LogP contribution in [0.3, 0.4) is 0 Å². The first kappa shape index (κ1) is 16.0. The van der Waals surface area contributed by atoms with Crippen molar-refractivity contribution in [2.24, 2.45) is 5.92 Å². The first-order chi connectivity index (χ1) is 8.58. The molecule has 0 spiro atoms. The molecule has 18 heavy (non-hydrogen) atoms. The van der Waals surface area contributed by atoms with Crippen LogP contribution in [0.4, 0.5) is 0 Å². The normalized spacial score (nSPS) is 20.2. The third-order valence-electron chi connectivity index (χ3n) is 3.10. The van der Waals surface area contributed by atoms with Gasteiger partial charge in [-0.1, -0.05) is 25.0 Å². The van der Waals surface area contributed by atoms with Crippen LogP contribution in [0, 0.1) is 5.92 Å². The number of allylic oxidation sites excluding steroid dienone is 2. The molecule has 1 atom stereocenters. The lowest BCUT2D eigenvalue weighted by molar-refractivity contribution is 0.422. The molecule has 0 heterocycles. The van der Waals surface area contributed by atoms with Gasteiger partial charge in [0.1, 0.15) is 0 Å². The molecule has 4 nitrogen and oxygen atoms in total. The van der Waals surface area contributed by atoms with Crippen molar-refractivity contribution in [2.75, 3.05) is 18.8 Å². The Morgan fingerprint density at radius 2 is 2.11 bits per heavy atom. The average molecular weight is 293 g/mol.